The van der Waals surface area contributed by atoms with Crippen molar-refractivity contribution in [2.75, 3.05) is 14.2 Å². The van der Waals surface area contributed by atoms with Crippen molar-refractivity contribution in [1.29, 1.82) is 0 Å². The van der Waals surface area contributed by atoms with Crippen molar-refractivity contribution in [2.24, 2.45) is 5.10 Å². The number of methoxy groups -OCH3 is 2. The van der Waals surface area contributed by atoms with E-state index in [1.165, 1.54) is 5.01 Å². The second kappa shape index (κ2) is 8.22. The lowest BCUT2D eigenvalue weighted by molar-refractivity contribution is -0.141. The number of aliphatic carboxylic acids is 1. The van der Waals surface area contributed by atoms with E-state index in [9.17, 15) is 9.59 Å². The Hall–Kier alpha value is -2.87. The minimum absolute atomic E-state index is 0.0879. The van der Waals surface area contributed by atoms with E-state index in [1.807, 2.05) is 29.6 Å². The quantitative estimate of drug-likeness (QED) is 0.786. The van der Waals surface area contributed by atoms with Crippen LogP contribution in [0.2, 0.25) is 0 Å². The van der Waals surface area contributed by atoms with Gasteiger partial charge >= 0.3 is 5.97 Å². The number of rotatable bonds is 7. The molecule has 7 nitrogen and oxygen atoms in total. The third-order valence-corrected chi connectivity index (χ3v) is 5.25. The molecule has 1 N–H and O–H groups in total. The van der Waals surface area contributed by atoms with Crippen LogP contribution in [0.5, 0.6) is 11.5 Å². The number of carbonyl (C=O) groups excluding carboxylic acids is 1. The van der Waals surface area contributed by atoms with Gasteiger partial charge in [0.05, 0.1) is 32.4 Å². The molecule has 0 radical (unpaired) electrons. The summed E-state index contributed by atoms with van der Waals surface area (Å²) in [5, 5.41) is 16.8. The number of thiophene rings is 1. The largest absolute Gasteiger partial charge is 0.497 e. The molecule has 1 amide bonds. The molecule has 8 heteroatoms. The maximum atomic E-state index is 12.6. The highest BCUT2D eigenvalue weighted by Gasteiger charge is 2.34. The van der Waals surface area contributed by atoms with Crippen molar-refractivity contribution in [3.05, 3.63) is 46.2 Å². The summed E-state index contributed by atoms with van der Waals surface area (Å²) in [6, 6.07) is 9.10. The van der Waals surface area contributed by atoms with Gasteiger partial charge in [0.15, 0.2) is 0 Å². The number of carboxylic acids is 1. The first kappa shape index (κ1) is 18.9. The molecule has 0 fully saturated rings. The number of carboxylic acid groups (broad SMARTS) is 1. The molecule has 0 bridgehead atoms. The Morgan fingerprint density at radius 3 is 2.48 bits per heavy atom. The number of carbonyl (C=O) groups is 2. The van der Waals surface area contributed by atoms with Gasteiger partial charge in [-0.1, -0.05) is 6.07 Å². The number of benzene rings is 1. The monoisotopic (exact) mass is 388 g/mol. The predicted octanol–water partition coefficient (Wildman–Crippen LogP) is 3.31. The van der Waals surface area contributed by atoms with Crippen LogP contribution in [-0.4, -0.2) is 41.9 Å². The van der Waals surface area contributed by atoms with Crippen LogP contribution in [0.15, 0.2) is 40.8 Å². The normalized spacial score (nSPS) is 16.1. The zero-order valence-corrected chi connectivity index (χ0v) is 15.9. The molecule has 1 aromatic carbocycles. The summed E-state index contributed by atoms with van der Waals surface area (Å²) in [6.45, 7) is 0. The van der Waals surface area contributed by atoms with E-state index in [1.54, 1.807) is 31.6 Å². The van der Waals surface area contributed by atoms with Gasteiger partial charge in [0, 0.05) is 29.3 Å². The maximum Gasteiger partial charge on any atom is 0.303 e. The van der Waals surface area contributed by atoms with E-state index in [4.69, 9.17) is 14.6 Å². The molecular formula is C19H20N2O5S. The second-order valence-corrected chi connectivity index (χ2v) is 6.99. The highest BCUT2D eigenvalue weighted by molar-refractivity contribution is 7.10. The SMILES string of the molecule is COc1cc(OC)cc(C2=NN(C(=O)CCC(=O)O)[C@H](c3cccs3)C2)c1. The van der Waals surface area contributed by atoms with Crippen LogP contribution in [0, 0.1) is 0 Å². The first-order valence-electron chi connectivity index (χ1n) is 8.40. The number of hydrogen-bond donors (Lipinski definition) is 1. The summed E-state index contributed by atoms with van der Waals surface area (Å²) in [5.74, 6) is -0.0385. The van der Waals surface area contributed by atoms with Crippen molar-refractivity contribution in [3.63, 3.8) is 0 Å². The topological polar surface area (TPSA) is 88.4 Å². The van der Waals surface area contributed by atoms with Crippen molar-refractivity contribution in [3.8, 4) is 11.5 Å². The number of amides is 1. The molecule has 0 spiro atoms. The van der Waals surface area contributed by atoms with E-state index < -0.39 is 5.97 Å². The van der Waals surface area contributed by atoms with E-state index in [-0.39, 0.29) is 24.8 Å². The molecule has 3 rings (SSSR count). The van der Waals surface area contributed by atoms with Crippen molar-refractivity contribution in [2.45, 2.75) is 25.3 Å². The van der Waals surface area contributed by atoms with Gasteiger partial charge in [0.25, 0.3) is 0 Å². The maximum absolute atomic E-state index is 12.6. The van der Waals surface area contributed by atoms with E-state index >= 15 is 0 Å². The smallest absolute Gasteiger partial charge is 0.303 e. The Kier molecular flexibility index (Phi) is 5.75. The number of hydrazone groups is 1. The average molecular weight is 388 g/mol. The summed E-state index contributed by atoms with van der Waals surface area (Å²) in [4.78, 5) is 24.4. The predicted molar refractivity (Wildman–Crippen MR) is 101 cm³/mol. The van der Waals surface area contributed by atoms with Crippen LogP contribution >= 0.6 is 11.3 Å². The van der Waals surface area contributed by atoms with Crippen LogP contribution in [0.25, 0.3) is 0 Å². The van der Waals surface area contributed by atoms with E-state index in [2.05, 4.69) is 5.10 Å². The van der Waals surface area contributed by atoms with Crippen molar-refractivity contribution < 1.29 is 24.2 Å². The first-order valence-corrected chi connectivity index (χ1v) is 9.28. The van der Waals surface area contributed by atoms with Gasteiger partial charge in [0.2, 0.25) is 5.91 Å². The summed E-state index contributed by atoms with van der Waals surface area (Å²) in [6.07, 6.45) is 0.232. The lowest BCUT2D eigenvalue weighted by Crippen LogP contribution is -2.26. The van der Waals surface area contributed by atoms with Gasteiger partial charge in [0.1, 0.15) is 11.5 Å². The summed E-state index contributed by atoms with van der Waals surface area (Å²) < 4.78 is 10.6. The molecule has 2 heterocycles. The molecule has 27 heavy (non-hydrogen) atoms. The van der Waals surface area contributed by atoms with E-state index in [0.29, 0.717) is 17.9 Å². The summed E-state index contributed by atoms with van der Waals surface area (Å²) in [7, 11) is 3.15. The molecule has 1 aliphatic rings. The van der Waals surface area contributed by atoms with E-state index in [0.717, 1.165) is 16.2 Å². The van der Waals surface area contributed by atoms with Gasteiger partial charge in [-0.3, -0.25) is 9.59 Å². The van der Waals surface area contributed by atoms with Crippen molar-refractivity contribution in [1.82, 2.24) is 5.01 Å². The van der Waals surface area contributed by atoms with Crippen LogP contribution < -0.4 is 9.47 Å². The van der Waals surface area contributed by atoms with Crippen LogP contribution in [0.1, 0.15) is 35.7 Å². The lowest BCUT2D eigenvalue weighted by Gasteiger charge is -2.20. The number of nitrogens with zero attached hydrogens (tertiary/aromatic N) is 2. The van der Waals surface area contributed by atoms with Crippen LogP contribution in [-0.2, 0) is 9.59 Å². The number of ether oxygens (including phenoxy) is 2. The Balaban J connectivity index is 1.93. The zero-order chi connectivity index (χ0) is 19.4. The molecule has 0 saturated heterocycles. The summed E-state index contributed by atoms with van der Waals surface area (Å²) >= 11 is 1.55. The minimum atomic E-state index is -1.00. The van der Waals surface area contributed by atoms with Crippen LogP contribution in [0.4, 0.5) is 0 Å². The molecule has 142 valence electrons. The van der Waals surface area contributed by atoms with Gasteiger partial charge in [-0.25, -0.2) is 5.01 Å². The Morgan fingerprint density at radius 2 is 1.93 bits per heavy atom. The van der Waals surface area contributed by atoms with Gasteiger partial charge < -0.3 is 14.6 Å². The molecule has 1 atom stereocenters. The Bertz CT molecular complexity index is 841. The standard InChI is InChI=1S/C19H20N2O5S/c1-25-13-8-12(9-14(10-13)26-2)15-11-16(17-4-3-7-27-17)21(20-15)18(22)5-6-19(23)24/h3-4,7-10,16H,5-6,11H2,1-2H3,(H,23,24)/t16-/m0/s1. The molecule has 0 aliphatic carbocycles. The molecule has 2 aromatic rings. The molecule has 0 unspecified atom stereocenters. The highest BCUT2D eigenvalue weighted by atomic mass is 32.1. The van der Waals surface area contributed by atoms with Gasteiger partial charge in [-0.2, -0.15) is 5.10 Å². The first-order chi connectivity index (χ1) is 13.0. The molecule has 0 saturated carbocycles. The zero-order valence-electron chi connectivity index (χ0n) is 15.0. The third kappa shape index (κ3) is 4.28. The fraction of sp³-hybridized carbons (Fsp3) is 0.316. The molecular weight excluding hydrogens is 368 g/mol. The third-order valence-electron chi connectivity index (χ3n) is 4.27. The fourth-order valence-electron chi connectivity index (χ4n) is 2.92. The van der Waals surface area contributed by atoms with Gasteiger partial charge in [-0.05, 0) is 23.6 Å². The Labute approximate surface area is 160 Å². The number of hydrogen-bond acceptors (Lipinski definition) is 6. The van der Waals surface area contributed by atoms with Crippen molar-refractivity contribution >= 4 is 28.9 Å². The molecule has 1 aliphatic heterocycles. The molecule has 1 aromatic heterocycles. The Morgan fingerprint density at radius 1 is 1.22 bits per heavy atom. The average Bonchev–Trinajstić information content (AvgIpc) is 3.34. The van der Waals surface area contributed by atoms with Gasteiger partial charge in [-0.15, -0.1) is 11.3 Å². The lowest BCUT2D eigenvalue weighted by atomic mass is 10.0. The fourth-order valence-corrected chi connectivity index (χ4v) is 3.73. The minimum Gasteiger partial charge on any atom is -0.497 e. The summed E-state index contributed by atoms with van der Waals surface area (Å²) in [5.41, 5.74) is 1.54. The second-order valence-electron chi connectivity index (χ2n) is 6.02. The van der Waals surface area contributed by atoms with Crippen LogP contribution in [0.3, 0.4) is 0 Å². The highest BCUT2D eigenvalue weighted by Crippen LogP contribution is 2.36.